The van der Waals surface area contributed by atoms with Crippen LogP contribution >= 0.6 is 11.8 Å². The van der Waals surface area contributed by atoms with Crippen molar-refractivity contribution in [2.75, 3.05) is 18.6 Å². The molecule has 122 valence electrons. The van der Waals surface area contributed by atoms with Gasteiger partial charge in [-0.05, 0) is 41.3 Å². The van der Waals surface area contributed by atoms with Gasteiger partial charge in [-0.1, -0.05) is 30.3 Å². The zero-order valence-corrected chi connectivity index (χ0v) is 13.6. The molecule has 0 saturated heterocycles. The molecule has 1 amide bonds. The second-order valence-corrected chi connectivity index (χ2v) is 6.02. The highest BCUT2D eigenvalue weighted by Crippen LogP contribution is 2.20. The van der Waals surface area contributed by atoms with E-state index in [0.29, 0.717) is 17.9 Å². The smallest absolute Gasteiger partial charge is 0.326 e. The molecule has 0 saturated carbocycles. The fourth-order valence-electron chi connectivity index (χ4n) is 2.14. The Morgan fingerprint density at radius 1 is 1.22 bits per heavy atom. The zero-order chi connectivity index (χ0) is 16.7. The number of amides is 1. The van der Waals surface area contributed by atoms with Crippen molar-refractivity contribution in [3.63, 3.8) is 0 Å². The molecule has 2 N–H and O–H groups in total. The molecule has 0 aliphatic heterocycles. The molecule has 2 rings (SSSR count). The van der Waals surface area contributed by atoms with Gasteiger partial charge in [-0.15, -0.1) is 0 Å². The minimum atomic E-state index is -1.03. The summed E-state index contributed by atoms with van der Waals surface area (Å²) in [6.07, 6.45) is 2.28. The van der Waals surface area contributed by atoms with Gasteiger partial charge in [0.25, 0.3) is 5.91 Å². The van der Waals surface area contributed by atoms with E-state index < -0.39 is 17.9 Å². The van der Waals surface area contributed by atoms with Crippen LogP contribution in [-0.2, 0) is 9.59 Å². The lowest BCUT2D eigenvalue weighted by atomic mass is 10.1. The Hall–Kier alpha value is -2.21. The maximum Gasteiger partial charge on any atom is 0.326 e. The molecule has 5 nitrogen and oxygen atoms in total. The normalized spacial score (nSPS) is 11.9. The number of hydrogen-bond donors (Lipinski definition) is 2. The second-order valence-electron chi connectivity index (χ2n) is 5.04. The van der Waals surface area contributed by atoms with Gasteiger partial charge in [-0.3, -0.25) is 4.79 Å². The van der Waals surface area contributed by atoms with E-state index in [2.05, 4.69) is 5.32 Å². The van der Waals surface area contributed by atoms with Crippen molar-refractivity contribution in [3.8, 4) is 5.75 Å². The van der Waals surface area contributed by atoms with Crippen molar-refractivity contribution in [2.24, 2.45) is 0 Å². The first-order valence-corrected chi connectivity index (χ1v) is 8.62. The first kappa shape index (κ1) is 17.1. The van der Waals surface area contributed by atoms with Crippen LogP contribution in [0, 0.1) is 0 Å². The quantitative estimate of drug-likeness (QED) is 0.776. The van der Waals surface area contributed by atoms with Crippen molar-refractivity contribution >= 4 is 34.4 Å². The van der Waals surface area contributed by atoms with E-state index in [0.717, 1.165) is 10.8 Å². The Balaban J connectivity index is 1.90. The summed E-state index contributed by atoms with van der Waals surface area (Å²) < 4.78 is 5.45. The highest BCUT2D eigenvalue weighted by molar-refractivity contribution is 7.98. The monoisotopic (exact) mass is 333 g/mol. The number of hydrogen-bond acceptors (Lipinski definition) is 4. The molecule has 0 aromatic heterocycles. The lowest BCUT2D eigenvalue weighted by Crippen LogP contribution is -2.43. The lowest BCUT2D eigenvalue weighted by Gasteiger charge is -2.14. The van der Waals surface area contributed by atoms with Crippen LogP contribution in [0.25, 0.3) is 10.8 Å². The fourth-order valence-corrected chi connectivity index (χ4v) is 2.61. The summed E-state index contributed by atoms with van der Waals surface area (Å²) in [4.78, 5) is 22.9. The largest absolute Gasteiger partial charge is 0.484 e. The van der Waals surface area contributed by atoms with Crippen LogP contribution in [0.1, 0.15) is 6.42 Å². The Morgan fingerprint density at radius 3 is 2.65 bits per heavy atom. The second kappa shape index (κ2) is 8.43. The number of rotatable bonds is 8. The maximum absolute atomic E-state index is 11.9. The van der Waals surface area contributed by atoms with Gasteiger partial charge in [-0.25, -0.2) is 4.79 Å². The molecule has 0 fully saturated rings. The van der Waals surface area contributed by atoms with Gasteiger partial charge in [0.15, 0.2) is 6.61 Å². The third kappa shape index (κ3) is 5.17. The van der Waals surface area contributed by atoms with Crippen LogP contribution in [0.3, 0.4) is 0 Å². The molecular weight excluding hydrogens is 314 g/mol. The summed E-state index contributed by atoms with van der Waals surface area (Å²) in [7, 11) is 0. The van der Waals surface area contributed by atoms with Crippen molar-refractivity contribution < 1.29 is 19.4 Å². The van der Waals surface area contributed by atoms with Gasteiger partial charge in [0.1, 0.15) is 11.8 Å². The van der Waals surface area contributed by atoms with Crippen LogP contribution in [0.5, 0.6) is 5.75 Å². The summed E-state index contributed by atoms with van der Waals surface area (Å²) in [5.74, 6) is -0.220. The minimum Gasteiger partial charge on any atom is -0.484 e. The predicted molar refractivity (Wildman–Crippen MR) is 92.0 cm³/mol. The fraction of sp³-hybridized carbons (Fsp3) is 0.294. The molecule has 2 aromatic rings. The van der Waals surface area contributed by atoms with E-state index in [1.165, 1.54) is 11.8 Å². The standard InChI is InChI=1S/C17H19NO4S/c1-23-9-8-15(17(20)21)18-16(19)11-22-14-7-6-12-4-2-3-5-13(12)10-14/h2-7,10,15H,8-9,11H2,1H3,(H,18,19)(H,20,21)/t15-/m0/s1. The predicted octanol–water partition coefficient (Wildman–Crippen LogP) is 2.54. The molecule has 0 spiro atoms. The number of nitrogens with one attached hydrogen (secondary N) is 1. The average molecular weight is 333 g/mol. The third-order valence-corrected chi connectivity index (χ3v) is 3.98. The number of aliphatic carboxylic acids is 1. The van der Waals surface area contributed by atoms with Crippen LogP contribution in [0.2, 0.25) is 0 Å². The van der Waals surface area contributed by atoms with E-state index in [1.807, 2.05) is 42.7 Å². The maximum atomic E-state index is 11.9. The van der Waals surface area contributed by atoms with Gasteiger partial charge in [-0.2, -0.15) is 11.8 Å². The van der Waals surface area contributed by atoms with Gasteiger partial charge in [0.2, 0.25) is 0 Å². The van der Waals surface area contributed by atoms with Gasteiger partial charge < -0.3 is 15.2 Å². The Morgan fingerprint density at radius 2 is 1.96 bits per heavy atom. The summed E-state index contributed by atoms with van der Waals surface area (Å²) in [5.41, 5.74) is 0. The highest BCUT2D eigenvalue weighted by atomic mass is 32.2. The molecule has 0 heterocycles. The molecule has 2 aromatic carbocycles. The van der Waals surface area contributed by atoms with Crippen LogP contribution in [0.15, 0.2) is 42.5 Å². The highest BCUT2D eigenvalue weighted by Gasteiger charge is 2.19. The van der Waals surface area contributed by atoms with Crippen molar-refractivity contribution in [3.05, 3.63) is 42.5 Å². The first-order valence-electron chi connectivity index (χ1n) is 7.23. The summed E-state index contributed by atoms with van der Waals surface area (Å²) in [5, 5.41) is 13.7. The van der Waals surface area contributed by atoms with Crippen LogP contribution in [-0.4, -0.2) is 41.6 Å². The van der Waals surface area contributed by atoms with Crippen molar-refractivity contribution in [1.29, 1.82) is 0 Å². The molecule has 0 bridgehead atoms. The molecule has 0 unspecified atom stereocenters. The number of thioether (sulfide) groups is 1. The van der Waals surface area contributed by atoms with Crippen molar-refractivity contribution in [2.45, 2.75) is 12.5 Å². The number of benzene rings is 2. The molecule has 6 heteroatoms. The number of carbonyl (C=O) groups excluding carboxylic acids is 1. The number of carbonyl (C=O) groups is 2. The lowest BCUT2D eigenvalue weighted by molar-refractivity contribution is -0.142. The van der Waals surface area contributed by atoms with Crippen LogP contribution < -0.4 is 10.1 Å². The molecule has 23 heavy (non-hydrogen) atoms. The summed E-state index contributed by atoms with van der Waals surface area (Å²) >= 11 is 1.54. The Labute approximate surface area is 139 Å². The van der Waals surface area contributed by atoms with Gasteiger partial charge in [0.05, 0.1) is 0 Å². The van der Waals surface area contributed by atoms with Gasteiger partial charge >= 0.3 is 5.97 Å². The van der Waals surface area contributed by atoms with E-state index in [4.69, 9.17) is 9.84 Å². The minimum absolute atomic E-state index is 0.207. The summed E-state index contributed by atoms with van der Waals surface area (Å²) in [6, 6.07) is 12.5. The number of carboxylic acid groups (broad SMARTS) is 1. The number of ether oxygens (including phenoxy) is 1. The number of fused-ring (bicyclic) bond motifs is 1. The van der Waals surface area contributed by atoms with Gasteiger partial charge in [0, 0.05) is 0 Å². The molecule has 0 aliphatic carbocycles. The Bertz CT molecular complexity index is 689. The molecular formula is C17H19NO4S. The SMILES string of the molecule is CSCC[C@H](NC(=O)COc1ccc2ccccc2c1)C(=O)O. The zero-order valence-electron chi connectivity index (χ0n) is 12.8. The topological polar surface area (TPSA) is 75.6 Å². The molecule has 0 aliphatic rings. The summed E-state index contributed by atoms with van der Waals surface area (Å²) in [6.45, 7) is -0.207. The average Bonchev–Trinajstić information content (AvgIpc) is 2.56. The molecule has 1 atom stereocenters. The van der Waals surface area contributed by atoms with E-state index in [-0.39, 0.29) is 6.61 Å². The molecule has 0 radical (unpaired) electrons. The number of carboxylic acids is 1. The van der Waals surface area contributed by atoms with E-state index >= 15 is 0 Å². The Kier molecular flexibility index (Phi) is 6.29. The first-order chi connectivity index (χ1) is 11.1. The van der Waals surface area contributed by atoms with E-state index in [1.54, 1.807) is 6.07 Å². The third-order valence-electron chi connectivity index (χ3n) is 3.33. The van der Waals surface area contributed by atoms with Crippen LogP contribution in [0.4, 0.5) is 0 Å². The van der Waals surface area contributed by atoms with Crippen molar-refractivity contribution in [1.82, 2.24) is 5.32 Å². The van der Waals surface area contributed by atoms with E-state index in [9.17, 15) is 9.59 Å².